The first-order chi connectivity index (χ1) is 14.0. The summed E-state index contributed by atoms with van der Waals surface area (Å²) in [5, 5.41) is 12.0. The number of rotatable bonds is 8. The largest absolute Gasteiger partial charge is 0.349 e. The third-order valence-corrected chi connectivity index (χ3v) is 5.56. The molecule has 2 heterocycles. The highest BCUT2D eigenvalue weighted by Gasteiger charge is 2.22. The van der Waals surface area contributed by atoms with Crippen molar-refractivity contribution in [1.82, 2.24) is 25.1 Å². The molecule has 3 rings (SSSR count). The Morgan fingerprint density at radius 1 is 1.14 bits per heavy atom. The van der Waals surface area contributed by atoms with Crippen molar-refractivity contribution < 1.29 is 9.18 Å². The highest BCUT2D eigenvalue weighted by Crippen LogP contribution is 2.27. The predicted octanol–water partition coefficient (Wildman–Crippen LogP) is 4.25. The summed E-state index contributed by atoms with van der Waals surface area (Å²) in [6.45, 7) is 6.57. The smallest absolute Gasteiger partial charge is 0.233 e. The van der Waals surface area contributed by atoms with E-state index in [1.165, 1.54) is 23.9 Å². The summed E-state index contributed by atoms with van der Waals surface area (Å²) in [6, 6.07) is 9.71. The van der Waals surface area contributed by atoms with Gasteiger partial charge in [0.05, 0.1) is 11.3 Å². The van der Waals surface area contributed by atoms with E-state index >= 15 is 0 Å². The molecule has 0 unspecified atom stereocenters. The van der Waals surface area contributed by atoms with E-state index < -0.39 is 0 Å². The number of benzene rings is 1. The molecule has 8 heteroatoms. The summed E-state index contributed by atoms with van der Waals surface area (Å²) in [5.74, 6) is 0.365. The van der Waals surface area contributed by atoms with Gasteiger partial charge in [-0.3, -0.25) is 9.78 Å². The number of hydrogen-bond donors (Lipinski definition) is 1. The van der Waals surface area contributed by atoms with E-state index in [0.29, 0.717) is 5.16 Å². The molecular weight excluding hydrogens is 389 g/mol. The Labute approximate surface area is 174 Å². The molecule has 0 spiro atoms. The molecule has 6 nitrogen and oxygen atoms in total. The molecule has 2 atom stereocenters. The van der Waals surface area contributed by atoms with E-state index in [-0.39, 0.29) is 23.0 Å². The molecule has 29 heavy (non-hydrogen) atoms. The first-order valence-electron chi connectivity index (χ1n) is 9.55. The molecule has 3 aromatic rings. The third-order valence-electron chi connectivity index (χ3n) is 4.48. The van der Waals surface area contributed by atoms with Crippen LogP contribution in [0.1, 0.15) is 38.8 Å². The summed E-state index contributed by atoms with van der Waals surface area (Å²) < 4.78 is 15.1. The van der Waals surface area contributed by atoms with Gasteiger partial charge in [-0.1, -0.05) is 30.8 Å². The second-order valence-corrected chi connectivity index (χ2v) is 8.04. The van der Waals surface area contributed by atoms with Crippen LogP contribution in [0.5, 0.6) is 0 Å². The molecule has 1 aromatic carbocycles. The zero-order chi connectivity index (χ0) is 20.8. The summed E-state index contributed by atoms with van der Waals surface area (Å²) in [4.78, 5) is 16.7. The molecule has 0 radical (unpaired) electrons. The summed E-state index contributed by atoms with van der Waals surface area (Å²) in [5.41, 5.74) is 1.79. The molecule has 0 fully saturated rings. The number of amides is 1. The monoisotopic (exact) mass is 413 g/mol. The number of nitrogens with one attached hydrogen (secondary N) is 1. The standard InChI is InChI=1S/C21H24FN5OS/c1-4-13-27-19(17-9-11-23-12-10-17)25-26-21(27)29-15(3)20(28)24-14(2)16-5-7-18(22)8-6-16/h5-12,14-15H,4,13H2,1-3H3,(H,24,28)/t14-,15+/m0/s1. The molecule has 0 aliphatic heterocycles. The molecule has 1 N–H and O–H groups in total. The van der Waals surface area contributed by atoms with Gasteiger partial charge in [-0.05, 0) is 50.1 Å². The number of halogens is 1. The number of thioether (sulfide) groups is 1. The van der Waals surface area contributed by atoms with Crippen molar-refractivity contribution >= 4 is 17.7 Å². The van der Waals surface area contributed by atoms with Crippen LogP contribution in [0, 0.1) is 5.82 Å². The maximum absolute atomic E-state index is 13.1. The van der Waals surface area contributed by atoms with Crippen molar-refractivity contribution in [3.8, 4) is 11.4 Å². The number of aromatic nitrogens is 4. The van der Waals surface area contributed by atoms with Gasteiger partial charge in [0, 0.05) is 24.5 Å². The predicted molar refractivity (Wildman–Crippen MR) is 112 cm³/mol. The normalized spacial score (nSPS) is 13.1. The minimum atomic E-state index is -0.358. The average Bonchev–Trinajstić information content (AvgIpc) is 3.11. The van der Waals surface area contributed by atoms with E-state index in [0.717, 1.165) is 29.9 Å². The maximum Gasteiger partial charge on any atom is 0.233 e. The lowest BCUT2D eigenvalue weighted by Gasteiger charge is -2.18. The van der Waals surface area contributed by atoms with Crippen LogP contribution in [-0.4, -0.2) is 30.9 Å². The lowest BCUT2D eigenvalue weighted by Crippen LogP contribution is -2.33. The van der Waals surface area contributed by atoms with Gasteiger partial charge in [0.15, 0.2) is 11.0 Å². The van der Waals surface area contributed by atoms with Gasteiger partial charge >= 0.3 is 0 Å². The minimum absolute atomic E-state index is 0.108. The van der Waals surface area contributed by atoms with Gasteiger partial charge < -0.3 is 9.88 Å². The second kappa shape index (κ2) is 9.65. The van der Waals surface area contributed by atoms with E-state index in [2.05, 4.69) is 27.4 Å². The Morgan fingerprint density at radius 2 is 1.83 bits per heavy atom. The number of pyridine rings is 1. The minimum Gasteiger partial charge on any atom is -0.349 e. The Bertz CT molecular complexity index is 945. The molecule has 152 valence electrons. The summed E-state index contributed by atoms with van der Waals surface area (Å²) in [6.07, 6.45) is 4.37. The summed E-state index contributed by atoms with van der Waals surface area (Å²) >= 11 is 1.38. The van der Waals surface area contributed by atoms with Crippen molar-refractivity contribution in [3.63, 3.8) is 0 Å². The first-order valence-corrected chi connectivity index (χ1v) is 10.4. The fourth-order valence-electron chi connectivity index (χ4n) is 2.89. The van der Waals surface area contributed by atoms with E-state index in [4.69, 9.17) is 0 Å². The topological polar surface area (TPSA) is 72.7 Å². The number of nitrogens with zero attached hydrogens (tertiary/aromatic N) is 4. The lowest BCUT2D eigenvalue weighted by molar-refractivity contribution is -0.120. The molecule has 0 saturated carbocycles. The Balaban J connectivity index is 1.71. The van der Waals surface area contributed by atoms with Crippen molar-refractivity contribution in [3.05, 3.63) is 60.2 Å². The zero-order valence-corrected chi connectivity index (χ0v) is 17.5. The second-order valence-electron chi connectivity index (χ2n) is 6.74. The van der Waals surface area contributed by atoms with Crippen molar-refractivity contribution in [2.45, 2.75) is 50.2 Å². The fourth-order valence-corrected chi connectivity index (χ4v) is 3.78. The quantitative estimate of drug-likeness (QED) is 0.559. The van der Waals surface area contributed by atoms with E-state index in [1.807, 2.05) is 30.5 Å². The van der Waals surface area contributed by atoms with Gasteiger partial charge in [-0.25, -0.2) is 4.39 Å². The highest BCUT2D eigenvalue weighted by molar-refractivity contribution is 8.00. The fraction of sp³-hybridized carbons (Fsp3) is 0.333. The molecule has 0 bridgehead atoms. The van der Waals surface area contributed by atoms with Crippen molar-refractivity contribution in [1.29, 1.82) is 0 Å². The van der Waals surface area contributed by atoms with Crippen LogP contribution < -0.4 is 5.32 Å². The van der Waals surface area contributed by atoms with Gasteiger partial charge in [0.1, 0.15) is 5.82 Å². The van der Waals surface area contributed by atoms with Crippen molar-refractivity contribution in [2.24, 2.45) is 0 Å². The van der Waals surface area contributed by atoms with Crippen LogP contribution in [0.25, 0.3) is 11.4 Å². The van der Waals surface area contributed by atoms with Crippen LogP contribution in [-0.2, 0) is 11.3 Å². The molecule has 0 aliphatic carbocycles. The van der Waals surface area contributed by atoms with Gasteiger partial charge in [0.2, 0.25) is 5.91 Å². The molecule has 0 aliphatic rings. The van der Waals surface area contributed by atoms with Crippen molar-refractivity contribution in [2.75, 3.05) is 0 Å². The molecule has 1 amide bonds. The number of carbonyl (C=O) groups excluding carboxylic acids is 1. The maximum atomic E-state index is 13.1. The molecular formula is C21H24FN5OS. The number of carbonyl (C=O) groups is 1. The van der Waals surface area contributed by atoms with Gasteiger partial charge in [0.25, 0.3) is 0 Å². The Hall–Kier alpha value is -2.74. The number of hydrogen-bond acceptors (Lipinski definition) is 5. The molecule has 2 aromatic heterocycles. The first kappa shape index (κ1) is 21.0. The summed E-state index contributed by atoms with van der Waals surface area (Å²) in [7, 11) is 0. The Kier molecular flexibility index (Phi) is 6.98. The Morgan fingerprint density at radius 3 is 2.48 bits per heavy atom. The van der Waals surface area contributed by atoms with E-state index in [9.17, 15) is 9.18 Å². The highest BCUT2D eigenvalue weighted by atomic mass is 32.2. The SMILES string of the molecule is CCCn1c(S[C@H](C)C(=O)N[C@@H](C)c2ccc(F)cc2)nnc1-c1ccncc1. The van der Waals surface area contributed by atoms with Crippen LogP contribution >= 0.6 is 11.8 Å². The third kappa shape index (κ3) is 5.20. The van der Waals surface area contributed by atoms with Crippen LogP contribution in [0.3, 0.4) is 0 Å². The van der Waals surface area contributed by atoms with Crippen LogP contribution in [0.4, 0.5) is 4.39 Å². The van der Waals surface area contributed by atoms with E-state index in [1.54, 1.807) is 24.5 Å². The van der Waals surface area contributed by atoms with Gasteiger partial charge in [-0.2, -0.15) is 0 Å². The van der Waals surface area contributed by atoms with Crippen LogP contribution in [0.2, 0.25) is 0 Å². The average molecular weight is 414 g/mol. The lowest BCUT2D eigenvalue weighted by atomic mass is 10.1. The van der Waals surface area contributed by atoms with Gasteiger partial charge in [-0.15, -0.1) is 10.2 Å². The zero-order valence-electron chi connectivity index (χ0n) is 16.7. The van der Waals surface area contributed by atoms with Crippen LogP contribution in [0.15, 0.2) is 53.9 Å². The molecule has 0 saturated heterocycles.